The van der Waals surface area contributed by atoms with Crippen LogP contribution in [0.25, 0.3) is 0 Å². The van der Waals surface area contributed by atoms with Crippen LogP contribution in [0.2, 0.25) is 0 Å². The highest BCUT2D eigenvalue weighted by atomic mass is 16.5. The lowest BCUT2D eigenvalue weighted by Gasteiger charge is -2.40. The highest BCUT2D eigenvalue weighted by molar-refractivity contribution is 5.74. The van der Waals surface area contributed by atoms with E-state index in [0.717, 1.165) is 26.3 Å². The fourth-order valence-electron chi connectivity index (χ4n) is 1.99. The molecule has 1 saturated heterocycles. The molecule has 0 aromatic heterocycles. The topological polar surface area (TPSA) is 53.6 Å². The lowest BCUT2D eigenvalue weighted by molar-refractivity contribution is -0.00873. The van der Waals surface area contributed by atoms with Gasteiger partial charge in [-0.25, -0.2) is 4.79 Å². The predicted octanol–water partition coefficient (Wildman–Crippen LogP) is 1.36. The van der Waals surface area contributed by atoms with Gasteiger partial charge in [0.25, 0.3) is 0 Å². The van der Waals surface area contributed by atoms with Gasteiger partial charge in [-0.2, -0.15) is 0 Å². The Bertz CT molecular complexity index is 317. The van der Waals surface area contributed by atoms with Crippen molar-refractivity contribution in [3.05, 3.63) is 11.6 Å². The molecule has 1 heterocycles. The molecule has 1 rings (SSSR count). The Hall–Kier alpha value is -1.07. The van der Waals surface area contributed by atoms with Crippen molar-refractivity contribution in [3.63, 3.8) is 0 Å². The number of hydrogen-bond acceptors (Lipinski definition) is 3. The fourth-order valence-corrected chi connectivity index (χ4v) is 1.99. The van der Waals surface area contributed by atoms with Gasteiger partial charge in [0.1, 0.15) is 0 Å². The van der Waals surface area contributed by atoms with Crippen LogP contribution >= 0.6 is 0 Å². The summed E-state index contributed by atoms with van der Waals surface area (Å²) in [6.45, 7) is 12.9. The van der Waals surface area contributed by atoms with E-state index in [2.05, 4.69) is 29.4 Å². The quantitative estimate of drug-likeness (QED) is 0.741. The summed E-state index contributed by atoms with van der Waals surface area (Å²) < 4.78 is 5.35. The van der Waals surface area contributed by atoms with Crippen molar-refractivity contribution in [1.29, 1.82) is 0 Å². The van der Waals surface area contributed by atoms with Gasteiger partial charge in [-0.15, -0.1) is 0 Å². The van der Waals surface area contributed by atoms with Gasteiger partial charge in [-0.3, -0.25) is 4.90 Å². The Balaban J connectivity index is 2.29. The molecule has 0 spiro atoms. The van der Waals surface area contributed by atoms with Crippen LogP contribution in [0.1, 0.15) is 27.7 Å². The number of carbonyl (C=O) groups excluding carboxylic acids is 1. The van der Waals surface area contributed by atoms with E-state index in [0.29, 0.717) is 13.1 Å². The third kappa shape index (κ3) is 6.07. The average Bonchev–Trinajstić information content (AvgIpc) is 2.37. The van der Waals surface area contributed by atoms with Crippen molar-refractivity contribution >= 4 is 6.03 Å². The van der Waals surface area contributed by atoms with E-state index >= 15 is 0 Å². The minimum atomic E-state index is -0.112. The molecule has 0 aromatic carbocycles. The van der Waals surface area contributed by atoms with Gasteiger partial charge >= 0.3 is 6.03 Å². The van der Waals surface area contributed by atoms with Crippen LogP contribution in [0.4, 0.5) is 4.79 Å². The first-order chi connectivity index (χ1) is 8.92. The average molecular weight is 269 g/mol. The predicted molar refractivity (Wildman–Crippen MR) is 77.3 cm³/mol. The molecular formula is C14H27N3O2. The van der Waals surface area contributed by atoms with E-state index in [-0.39, 0.29) is 11.6 Å². The lowest BCUT2D eigenvalue weighted by atomic mass is 10.0. The maximum Gasteiger partial charge on any atom is 0.315 e. The summed E-state index contributed by atoms with van der Waals surface area (Å²) >= 11 is 0. The maximum atomic E-state index is 11.7. The Labute approximate surface area is 116 Å². The Morgan fingerprint density at radius 1 is 1.26 bits per heavy atom. The SMILES string of the molecule is CC(C)=CCNC(=O)NCC(C)(C)N1CCOCC1. The monoisotopic (exact) mass is 269 g/mol. The Kier molecular flexibility index (Phi) is 6.31. The van der Waals surface area contributed by atoms with E-state index in [4.69, 9.17) is 4.74 Å². The van der Waals surface area contributed by atoms with E-state index in [1.54, 1.807) is 0 Å². The van der Waals surface area contributed by atoms with Crippen LogP contribution < -0.4 is 10.6 Å². The molecule has 5 nitrogen and oxygen atoms in total. The Morgan fingerprint density at radius 3 is 2.47 bits per heavy atom. The van der Waals surface area contributed by atoms with Crippen LogP contribution in [0.3, 0.4) is 0 Å². The van der Waals surface area contributed by atoms with Crippen molar-refractivity contribution in [2.45, 2.75) is 33.2 Å². The second kappa shape index (κ2) is 7.50. The summed E-state index contributed by atoms with van der Waals surface area (Å²) in [5.41, 5.74) is 1.16. The van der Waals surface area contributed by atoms with Crippen molar-refractivity contribution in [1.82, 2.24) is 15.5 Å². The number of urea groups is 1. The first-order valence-corrected chi connectivity index (χ1v) is 6.90. The van der Waals surface area contributed by atoms with Crippen LogP contribution in [0.5, 0.6) is 0 Å². The number of ether oxygens (including phenoxy) is 1. The second-order valence-corrected chi connectivity index (χ2v) is 5.76. The van der Waals surface area contributed by atoms with Gasteiger partial charge < -0.3 is 15.4 Å². The van der Waals surface area contributed by atoms with Gasteiger partial charge in [0.05, 0.1) is 13.2 Å². The highest BCUT2D eigenvalue weighted by Gasteiger charge is 2.28. The largest absolute Gasteiger partial charge is 0.379 e. The van der Waals surface area contributed by atoms with Crippen LogP contribution in [0, 0.1) is 0 Å². The van der Waals surface area contributed by atoms with Crippen LogP contribution in [-0.4, -0.2) is 55.9 Å². The minimum Gasteiger partial charge on any atom is -0.379 e. The lowest BCUT2D eigenvalue weighted by Crippen LogP contribution is -2.56. The van der Waals surface area contributed by atoms with Crippen LogP contribution in [-0.2, 0) is 4.74 Å². The minimum absolute atomic E-state index is 0.0440. The number of nitrogens with zero attached hydrogens (tertiary/aromatic N) is 1. The molecule has 1 fully saturated rings. The first kappa shape index (κ1) is 16.0. The standard InChI is InChI=1S/C14H27N3O2/c1-12(2)5-6-15-13(18)16-11-14(3,4)17-7-9-19-10-8-17/h5H,6-11H2,1-4H3,(H2,15,16,18). The zero-order chi connectivity index (χ0) is 14.3. The van der Waals surface area contributed by atoms with E-state index in [1.165, 1.54) is 5.57 Å². The summed E-state index contributed by atoms with van der Waals surface area (Å²) in [7, 11) is 0. The summed E-state index contributed by atoms with van der Waals surface area (Å²) in [6, 6.07) is -0.112. The number of nitrogens with one attached hydrogen (secondary N) is 2. The van der Waals surface area contributed by atoms with Crippen molar-refractivity contribution < 1.29 is 9.53 Å². The molecular weight excluding hydrogens is 242 g/mol. The maximum absolute atomic E-state index is 11.7. The third-order valence-corrected chi connectivity index (χ3v) is 3.32. The molecule has 0 radical (unpaired) electrons. The molecule has 0 unspecified atom stereocenters. The van der Waals surface area contributed by atoms with E-state index in [1.807, 2.05) is 19.9 Å². The Morgan fingerprint density at radius 2 is 1.89 bits per heavy atom. The molecule has 0 saturated carbocycles. The molecule has 110 valence electrons. The molecule has 1 aliphatic rings. The van der Waals surface area contributed by atoms with Gasteiger partial charge in [-0.1, -0.05) is 11.6 Å². The third-order valence-electron chi connectivity index (χ3n) is 3.32. The van der Waals surface area contributed by atoms with Crippen molar-refractivity contribution in [2.75, 3.05) is 39.4 Å². The molecule has 2 amide bonds. The van der Waals surface area contributed by atoms with Gasteiger partial charge in [-0.05, 0) is 27.7 Å². The number of rotatable bonds is 5. The van der Waals surface area contributed by atoms with Crippen LogP contribution in [0.15, 0.2) is 11.6 Å². The van der Waals surface area contributed by atoms with Crippen molar-refractivity contribution in [2.24, 2.45) is 0 Å². The number of morpholine rings is 1. The van der Waals surface area contributed by atoms with E-state index in [9.17, 15) is 4.79 Å². The highest BCUT2D eigenvalue weighted by Crippen LogP contribution is 2.14. The summed E-state index contributed by atoms with van der Waals surface area (Å²) in [5, 5.41) is 5.75. The van der Waals surface area contributed by atoms with Gasteiger partial charge in [0, 0.05) is 31.7 Å². The molecule has 2 N–H and O–H groups in total. The number of hydrogen-bond donors (Lipinski definition) is 2. The zero-order valence-electron chi connectivity index (χ0n) is 12.6. The molecule has 1 aliphatic heterocycles. The van der Waals surface area contributed by atoms with Crippen molar-refractivity contribution in [3.8, 4) is 0 Å². The fraction of sp³-hybridized carbons (Fsp3) is 0.786. The molecule has 0 aromatic rings. The normalized spacial score (nSPS) is 16.8. The number of carbonyl (C=O) groups is 1. The smallest absolute Gasteiger partial charge is 0.315 e. The van der Waals surface area contributed by atoms with E-state index < -0.39 is 0 Å². The van der Waals surface area contributed by atoms with Gasteiger partial charge in [0.2, 0.25) is 0 Å². The molecule has 5 heteroatoms. The molecule has 0 bridgehead atoms. The van der Waals surface area contributed by atoms with Gasteiger partial charge in [0.15, 0.2) is 0 Å². The summed E-state index contributed by atoms with van der Waals surface area (Å²) in [6.07, 6.45) is 1.99. The molecule has 0 atom stereocenters. The number of allylic oxidation sites excluding steroid dienone is 1. The molecule has 0 aliphatic carbocycles. The number of amides is 2. The first-order valence-electron chi connectivity index (χ1n) is 6.90. The summed E-state index contributed by atoms with van der Waals surface area (Å²) in [5.74, 6) is 0. The molecule has 19 heavy (non-hydrogen) atoms. The summed E-state index contributed by atoms with van der Waals surface area (Å²) in [4.78, 5) is 14.0. The zero-order valence-corrected chi connectivity index (χ0v) is 12.6. The second-order valence-electron chi connectivity index (χ2n) is 5.76.